The number of hydrogen-bond donors (Lipinski definition) is 4. The topological polar surface area (TPSA) is 214 Å². The van der Waals surface area contributed by atoms with Crippen molar-refractivity contribution in [3.05, 3.63) is 11.8 Å². The number of carbonyl (C=O) groups is 5. The van der Waals surface area contributed by atoms with E-state index < -0.39 is 73.6 Å². The summed E-state index contributed by atoms with van der Waals surface area (Å²) in [5.41, 5.74) is -0.0335. The minimum atomic E-state index is -1.42. The second-order valence-electron chi connectivity index (χ2n) is 8.77. The minimum Gasteiger partial charge on any atom is -0.463 e. The fourth-order valence-corrected chi connectivity index (χ4v) is 3.36. The number of carbonyl (C=O) groups excluding carboxylic acids is 5. The molecule has 1 aliphatic rings. The molecule has 0 spiro atoms. The van der Waals surface area contributed by atoms with Crippen molar-refractivity contribution in [3.8, 4) is 0 Å². The van der Waals surface area contributed by atoms with Gasteiger partial charge in [-0.15, -0.1) is 0 Å². The van der Waals surface area contributed by atoms with Crippen LogP contribution in [0.25, 0.3) is 0 Å². The van der Waals surface area contributed by atoms with E-state index in [4.69, 9.17) is 38.3 Å². The van der Waals surface area contributed by atoms with E-state index in [1.54, 1.807) is 0 Å². The molecule has 0 saturated carbocycles. The van der Waals surface area contributed by atoms with E-state index in [-0.39, 0.29) is 45.3 Å². The first-order valence-corrected chi connectivity index (χ1v) is 12.9. The molecule has 0 aromatic carbocycles. The lowest BCUT2D eigenvalue weighted by Crippen LogP contribution is -2.46. The fourth-order valence-electron chi connectivity index (χ4n) is 3.36. The molecule has 0 saturated heterocycles. The van der Waals surface area contributed by atoms with Crippen LogP contribution in [0.1, 0.15) is 34.1 Å². The van der Waals surface area contributed by atoms with E-state index in [1.165, 1.54) is 13.0 Å². The molecule has 1 aliphatic heterocycles. The van der Waals surface area contributed by atoms with Gasteiger partial charge in [0.15, 0.2) is 18.5 Å². The molecule has 16 heteroatoms. The van der Waals surface area contributed by atoms with Gasteiger partial charge in [-0.3, -0.25) is 24.0 Å². The summed E-state index contributed by atoms with van der Waals surface area (Å²) >= 11 is 0. The second kappa shape index (κ2) is 19.8. The van der Waals surface area contributed by atoms with Crippen LogP contribution in [0.15, 0.2) is 11.8 Å². The highest BCUT2D eigenvalue weighted by Crippen LogP contribution is 2.25. The lowest BCUT2D eigenvalue weighted by Gasteiger charge is -2.30. The van der Waals surface area contributed by atoms with Crippen molar-refractivity contribution in [2.24, 2.45) is 0 Å². The largest absolute Gasteiger partial charge is 0.463 e. The lowest BCUT2D eigenvalue weighted by atomic mass is 10.1. The first-order chi connectivity index (χ1) is 19.4. The van der Waals surface area contributed by atoms with Crippen LogP contribution in [0.2, 0.25) is 0 Å². The number of amides is 2. The van der Waals surface area contributed by atoms with Crippen LogP contribution in [0.3, 0.4) is 0 Å². The van der Waals surface area contributed by atoms with Crippen molar-refractivity contribution in [2.75, 3.05) is 52.8 Å². The number of aliphatic hydroxyl groups excluding tert-OH is 2. The number of hydrogen-bond acceptors (Lipinski definition) is 14. The molecule has 0 bridgehead atoms. The normalized spacial score (nSPS) is 21.1. The van der Waals surface area contributed by atoms with E-state index in [1.807, 2.05) is 0 Å². The molecule has 5 atom stereocenters. The SMILES string of the molecule is CC(=O)NC1=C[C@@H](OC(C)=O)[C@@H](OC(C)=O)[C@@H](COC(C)=O)O[C@H]1OCC(=O)NCCOCCOCC[C@H](O)CO. The minimum absolute atomic E-state index is 0.0335. The van der Waals surface area contributed by atoms with Gasteiger partial charge < -0.3 is 54.0 Å². The Bertz CT molecular complexity index is 896. The Morgan fingerprint density at radius 2 is 1.61 bits per heavy atom. The maximum Gasteiger partial charge on any atom is 0.303 e. The Labute approximate surface area is 237 Å². The second-order valence-corrected chi connectivity index (χ2v) is 8.77. The standard InChI is InChI=1S/C25H40N2O14/c1-15(29)27-20-11-21(39-17(3)31)24(40-18(4)32)22(13-37-16(2)30)41-25(20)38-14-23(34)26-6-8-36-10-9-35-7-5-19(33)12-28/h11,19,21-22,24-25,28,33H,5-10,12-14H2,1-4H3,(H,26,34)(H,27,29)/t19-,21+,22+,24+,25+/m0/s1. The average Bonchev–Trinajstić information content (AvgIpc) is 3.00. The highest BCUT2D eigenvalue weighted by atomic mass is 16.7. The molecule has 0 fully saturated rings. The molecule has 4 N–H and O–H groups in total. The van der Waals surface area contributed by atoms with E-state index in [0.29, 0.717) is 6.42 Å². The monoisotopic (exact) mass is 592 g/mol. The highest BCUT2D eigenvalue weighted by molar-refractivity contribution is 5.77. The fraction of sp³-hybridized carbons (Fsp3) is 0.720. The summed E-state index contributed by atoms with van der Waals surface area (Å²) in [5, 5.41) is 23.0. The van der Waals surface area contributed by atoms with Gasteiger partial charge in [-0.1, -0.05) is 0 Å². The highest BCUT2D eigenvalue weighted by Gasteiger charge is 2.41. The van der Waals surface area contributed by atoms with Gasteiger partial charge in [0.25, 0.3) is 0 Å². The van der Waals surface area contributed by atoms with Gasteiger partial charge in [-0.2, -0.15) is 0 Å². The summed E-state index contributed by atoms with van der Waals surface area (Å²) in [6, 6.07) is 0. The van der Waals surface area contributed by atoms with Crippen LogP contribution in [-0.2, 0) is 57.1 Å². The summed E-state index contributed by atoms with van der Waals surface area (Å²) in [6.07, 6.45) is -4.45. The van der Waals surface area contributed by atoms with Gasteiger partial charge in [0.1, 0.15) is 19.3 Å². The average molecular weight is 593 g/mol. The Morgan fingerprint density at radius 3 is 2.20 bits per heavy atom. The Hall–Kier alpha value is -3.15. The summed E-state index contributed by atoms with van der Waals surface area (Å²) in [6.45, 7) is 4.41. The molecule has 16 nitrogen and oxygen atoms in total. The maximum absolute atomic E-state index is 12.4. The molecule has 0 radical (unpaired) electrons. The van der Waals surface area contributed by atoms with Crippen LogP contribution in [-0.4, -0.2) is 123 Å². The summed E-state index contributed by atoms with van der Waals surface area (Å²) in [7, 11) is 0. The van der Waals surface area contributed by atoms with Crippen LogP contribution in [0.4, 0.5) is 0 Å². The maximum atomic E-state index is 12.4. The number of nitrogens with one attached hydrogen (secondary N) is 2. The molecule has 0 aliphatic carbocycles. The van der Waals surface area contributed by atoms with Crippen LogP contribution in [0, 0.1) is 0 Å². The molecule has 0 aromatic rings. The summed E-state index contributed by atoms with van der Waals surface area (Å²) in [4.78, 5) is 59.3. The Balaban J connectivity index is 2.79. The van der Waals surface area contributed by atoms with Gasteiger partial charge in [0, 0.05) is 40.8 Å². The van der Waals surface area contributed by atoms with Gasteiger partial charge >= 0.3 is 17.9 Å². The van der Waals surface area contributed by atoms with Crippen molar-refractivity contribution in [1.29, 1.82) is 0 Å². The van der Waals surface area contributed by atoms with Crippen LogP contribution in [0.5, 0.6) is 0 Å². The predicted octanol–water partition coefficient (Wildman–Crippen LogP) is -1.93. The van der Waals surface area contributed by atoms with Crippen molar-refractivity contribution in [3.63, 3.8) is 0 Å². The van der Waals surface area contributed by atoms with Crippen LogP contribution >= 0.6 is 0 Å². The third-order valence-corrected chi connectivity index (χ3v) is 5.07. The summed E-state index contributed by atoms with van der Waals surface area (Å²) in [5.74, 6) is -3.23. The van der Waals surface area contributed by atoms with Crippen molar-refractivity contribution in [1.82, 2.24) is 10.6 Å². The van der Waals surface area contributed by atoms with Gasteiger partial charge in [-0.25, -0.2) is 0 Å². The molecule has 1 heterocycles. The zero-order valence-corrected chi connectivity index (χ0v) is 23.6. The molecular formula is C25H40N2O14. The smallest absolute Gasteiger partial charge is 0.303 e. The Kier molecular flexibility index (Phi) is 17.4. The lowest BCUT2D eigenvalue weighted by molar-refractivity contribution is -0.208. The molecule has 2 amide bonds. The third kappa shape index (κ3) is 16.0. The molecule has 41 heavy (non-hydrogen) atoms. The van der Waals surface area contributed by atoms with E-state index in [2.05, 4.69) is 10.6 Å². The third-order valence-electron chi connectivity index (χ3n) is 5.07. The molecule has 234 valence electrons. The zero-order chi connectivity index (χ0) is 30.8. The first-order valence-electron chi connectivity index (χ1n) is 12.9. The number of esters is 3. The zero-order valence-electron chi connectivity index (χ0n) is 23.6. The van der Waals surface area contributed by atoms with E-state index in [9.17, 15) is 29.1 Å². The van der Waals surface area contributed by atoms with Gasteiger partial charge in [0.05, 0.1) is 38.2 Å². The molecule has 0 unspecified atom stereocenters. The number of rotatable bonds is 18. The van der Waals surface area contributed by atoms with E-state index >= 15 is 0 Å². The van der Waals surface area contributed by atoms with Crippen LogP contribution < -0.4 is 10.6 Å². The van der Waals surface area contributed by atoms with Crippen molar-refractivity contribution < 1.29 is 67.3 Å². The number of aliphatic hydroxyl groups is 2. The number of ether oxygens (including phenoxy) is 7. The quantitative estimate of drug-likeness (QED) is 0.0775. The van der Waals surface area contributed by atoms with Gasteiger partial charge in [-0.05, 0) is 12.5 Å². The Morgan fingerprint density at radius 1 is 0.951 bits per heavy atom. The van der Waals surface area contributed by atoms with E-state index in [0.717, 1.165) is 20.8 Å². The van der Waals surface area contributed by atoms with Crippen molar-refractivity contribution >= 4 is 29.7 Å². The molecular weight excluding hydrogens is 552 g/mol. The van der Waals surface area contributed by atoms with Crippen molar-refractivity contribution in [2.45, 2.75) is 64.8 Å². The predicted molar refractivity (Wildman–Crippen MR) is 137 cm³/mol. The molecule has 1 rings (SSSR count). The summed E-state index contributed by atoms with van der Waals surface area (Å²) < 4.78 is 37.7. The van der Waals surface area contributed by atoms with Gasteiger partial charge in [0.2, 0.25) is 11.8 Å². The molecule has 0 aromatic heterocycles. The first kappa shape index (κ1) is 35.9.